The molecule has 174 valence electrons. The number of para-hydroxylation sites is 1. The van der Waals surface area contributed by atoms with Crippen LogP contribution in [0.25, 0.3) is 0 Å². The predicted molar refractivity (Wildman–Crippen MR) is 117 cm³/mol. The Hall–Kier alpha value is -3.69. The average molecular weight is 460 g/mol. The highest BCUT2D eigenvalue weighted by Crippen LogP contribution is 2.31. The van der Waals surface area contributed by atoms with Crippen molar-refractivity contribution < 1.29 is 27.6 Å². The molecule has 1 aliphatic carbocycles. The van der Waals surface area contributed by atoms with Crippen LogP contribution < -0.4 is 16.1 Å². The van der Waals surface area contributed by atoms with Gasteiger partial charge in [-0.15, -0.1) is 0 Å². The van der Waals surface area contributed by atoms with Crippen LogP contribution in [0.3, 0.4) is 0 Å². The summed E-state index contributed by atoms with van der Waals surface area (Å²) in [7, 11) is 0. The van der Waals surface area contributed by atoms with E-state index in [9.17, 15) is 27.6 Å². The van der Waals surface area contributed by atoms with E-state index >= 15 is 0 Å². The van der Waals surface area contributed by atoms with Gasteiger partial charge in [-0.2, -0.15) is 18.3 Å². The first kappa shape index (κ1) is 24.0. The molecule has 7 nitrogen and oxygen atoms in total. The van der Waals surface area contributed by atoms with Crippen LogP contribution >= 0.6 is 0 Å². The Morgan fingerprint density at radius 2 is 1.58 bits per heavy atom. The molecule has 0 atom stereocenters. The van der Waals surface area contributed by atoms with Crippen LogP contribution in [-0.4, -0.2) is 30.0 Å². The molecule has 3 N–H and O–H groups in total. The van der Waals surface area contributed by atoms with Gasteiger partial charge in [0.1, 0.15) is 0 Å². The van der Waals surface area contributed by atoms with E-state index in [1.54, 1.807) is 12.1 Å². The quantitative estimate of drug-likeness (QED) is 0.359. The number of anilines is 1. The van der Waals surface area contributed by atoms with Gasteiger partial charge in [-0.3, -0.25) is 14.4 Å². The van der Waals surface area contributed by atoms with Crippen LogP contribution in [0.15, 0.2) is 53.6 Å². The summed E-state index contributed by atoms with van der Waals surface area (Å²) >= 11 is 0. The molecule has 0 bridgehead atoms. The van der Waals surface area contributed by atoms with Gasteiger partial charge in [-0.1, -0.05) is 49.6 Å². The molecular formula is C23H23F3N4O3. The maximum absolute atomic E-state index is 13.0. The minimum Gasteiger partial charge on any atom is -0.349 e. The van der Waals surface area contributed by atoms with Crippen LogP contribution in [0.2, 0.25) is 0 Å². The van der Waals surface area contributed by atoms with E-state index < -0.39 is 23.6 Å². The molecule has 0 aliphatic heterocycles. The summed E-state index contributed by atoms with van der Waals surface area (Å²) in [5, 5.41) is 8.74. The molecule has 0 saturated heterocycles. The molecule has 0 aromatic heterocycles. The number of carbonyl (C=O) groups is 3. The Morgan fingerprint density at radius 1 is 0.909 bits per heavy atom. The molecule has 1 saturated carbocycles. The lowest BCUT2D eigenvalue weighted by Crippen LogP contribution is -2.37. The minimum atomic E-state index is -4.59. The van der Waals surface area contributed by atoms with Crippen molar-refractivity contribution in [2.75, 3.05) is 5.32 Å². The second-order valence-corrected chi connectivity index (χ2v) is 7.59. The molecule has 33 heavy (non-hydrogen) atoms. The van der Waals surface area contributed by atoms with E-state index in [1.807, 2.05) is 5.43 Å². The maximum Gasteiger partial charge on any atom is 0.417 e. The van der Waals surface area contributed by atoms with Crippen LogP contribution in [0.4, 0.5) is 18.9 Å². The van der Waals surface area contributed by atoms with Crippen LogP contribution in [0, 0.1) is 0 Å². The van der Waals surface area contributed by atoms with E-state index in [2.05, 4.69) is 15.7 Å². The number of carbonyl (C=O) groups excluding carboxylic acids is 3. The summed E-state index contributed by atoms with van der Waals surface area (Å²) in [6, 6.07) is 11.0. The van der Waals surface area contributed by atoms with Gasteiger partial charge in [0.25, 0.3) is 5.91 Å². The fourth-order valence-electron chi connectivity index (χ4n) is 3.56. The van der Waals surface area contributed by atoms with Gasteiger partial charge in [-0.25, -0.2) is 5.43 Å². The summed E-state index contributed by atoms with van der Waals surface area (Å²) < 4.78 is 39.0. The van der Waals surface area contributed by atoms with Crippen LogP contribution in [-0.2, 0) is 15.8 Å². The Labute approximate surface area is 188 Å². The van der Waals surface area contributed by atoms with Crippen molar-refractivity contribution >= 4 is 29.6 Å². The lowest BCUT2D eigenvalue weighted by atomic mass is 9.95. The normalized spacial score (nSPS) is 14.6. The van der Waals surface area contributed by atoms with Crippen molar-refractivity contribution in [2.45, 2.75) is 44.3 Å². The van der Waals surface area contributed by atoms with Crippen molar-refractivity contribution in [2.24, 2.45) is 5.10 Å². The maximum atomic E-state index is 13.0. The molecule has 0 spiro atoms. The minimum absolute atomic E-state index is 0.0622. The van der Waals surface area contributed by atoms with Crippen molar-refractivity contribution in [3.63, 3.8) is 0 Å². The van der Waals surface area contributed by atoms with Gasteiger partial charge in [-0.05, 0) is 31.0 Å². The Morgan fingerprint density at radius 3 is 2.30 bits per heavy atom. The van der Waals surface area contributed by atoms with Crippen molar-refractivity contribution in [3.05, 3.63) is 65.2 Å². The van der Waals surface area contributed by atoms with Gasteiger partial charge in [0.2, 0.25) is 0 Å². The second-order valence-electron chi connectivity index (χ2n) is 7.59. The van der Waals surface area contributed by atoms with Crippen LogP contribution in [0.1, 0.15) is 53.6 Å². The Kier molecular flexibility index (Phi) is 7.81. The number of nitrogens with zero attached hydrogens (tertiary/aromatic N) is 1. The number of hydrazone groups is 1. The molecule has 1 fully saturated rings. The molecule has 0 unspecified atom stereocenters. The second kappa shape index (κ2) is 10.8. The third-order valence-corrected chi connectivity index (χ3v) is 5.20. The number of halogens is 3. The summed E-state index contributed by atoms with van der Waals surface area (Å²) in [5.74, 6) is -2.67. The number of hydrogen-bond acceptors (Lipinski definition) is 4. The number of amides is 3. The largest absolute Gasteiger partial charge is 0.417 e. The number of hydrogen-bond donors (Lipinski definition) is 3. The zero-order chi connectivity index (χ0) is 23.8. The standard InChI is InChI=1S/C23H23F3N4O3/c24-23(25,26)18-12-6-4-8-15(18)14-27-30-22(33)21(32)29-19-13-7-5-11-17(19)20(31)28-16-9-2-1-3-10-16/h4-8,11-14,16H,1-3,9-10H2,(H,28,31)(H,29,32)(H,30,33)/b27-14-. The Bertz CT molecular complexity index is 1050. The first-order chi connectivity index (χ1) is 15.8. The summed E-state index contributed by atoms with van der Waals surface area (Å²) in [5.41, 5.74) is 1.04. The molecular weight excluding hydrogens is 437 g/mol. The highest BCUT2D eigenvalue weighted by atomic mass is 19.4. The molecule has 3 rings (SSSR count). The molecule has 3 amide bonds. The summed E-state index contributed by atoms with van der Waals surface area (Å²) in [6.07, 6.45) is 1.20. The van der Waals surface area contributed by atoms with Gasteiger partial charge >= 0.3 is 18.0 Å². The average Bonchev–Trinajstić information content (AvgIpc) is 2.79. The number of nitrogens with one attached hydrogen (secondary N) is 3. The molecule has 2 aromatic carbocycles. The third kappa shape index (κ3) is 6.64. The number of alkyl halides is 3. The first-order valence-electron chi connectivity index (χ1n) is 10.5. The first-order valence-corrected chi connectivity index (χ1v) is 10.5. The number of rotatable bonds is 5. The highest BCUT2D eigenvalue weighted by molar-refractivity contribution is 6.40. The van der Waals surface area contributed by atoms with E-state index in [-0.39, 0.29) is 28.8 Å². The molecule has 0 heterocycles. The van der Waals surface area contributed by atoms with Gasteiger partial charge < -0.3 is 10.6 Å². The lowest BCUT2D eigenvalue weighted by Gasteiger charge is -2.23. The smallest absolute Gasteiger partial charge is 0.349 e. The van der Waals surface area contributed by atoms with Gasteiger partial charge in [0, 0.05) is 11.6 Å². The monoisotopic (exact) mass is 460 g/mol. The third-order valence-electron chi connectivity index (χ3n) is 5.20. The van der Waals surface area contributed by atoms with Gasteiger partial charge in [0.15, 0.2) is 0 Å². The SMILES string of the molecule is O=C(N/N=C\c1ccccc1C(F)(F)F)C(=O)Nc1ccccc1C(=O)NC1CCCCC1. The molecule has 1 aliphatic rings. The number of benzene rings is 2. The van der Waals surface area contributed by atoms with Crippen molar-refractivity contribution in [1.82, 2.24) is 10.7 Å². The zero-order valence-electron chi connectivity index (χ0n) is 17.6. The topological polar surface area (TPSA) is 99.7 Å². The predicted octanol–water partition coefficient (Wildman–Crippen LogP) is 3.86. The van der Waals surface area contributed by atoms with E-state index in [0.717, 1.165) is 44.4 Å². The van der Waals surface area contributed by atoms with E-state index in [4.69, 9.17) is 0 Å². The van der Waals surface area contributed by atoms with Gasteiger partial charge in [0.05, 0.1) is 23.0 Å². The van der Waals surface area contributed by atoms with Crippen molar-refractivity contribution in [1.29, 1.82) is 0 Å². The highest BCUT2D eigenvalue weighted by Gasteiger charge is 2.32. The fraction of sp³-hybridized carbons (Fsp3) is 0.304. The molecule has 0 radical (unpaired) electrons. The van der Waals surface area contributed by atoms with Crippen LogP contribution in [0.5, 0.6) is 0 Å². The fourth-order valence-corrected chi connectivity index (χ4v) is 3.56. The summed E-state index contributed by atoms with van der Waals surface area (Å²) in [6.45, 7) is 0. The Balaban J connectivity index is 1.62. The van der Waals surface area contributed by atoms with E-state index in [0.29, 0.717) is 0 Å². The van der Waals surface area contributed by atoms with Crippen molar-refractivity contribution in [3.8, 4) is 0 Å². The van der Waals surface area contributed by atoms with E-state index in [1.165, 1.54) is 30.3 Å². The summed E-state index contributed by atoms with van der Waals surface area (Å²) in [4.78, 5) is 36.9. The molecule has 10 heteroatoms. The lowest BCUT2D eigenvalue weighted by molar-refractivity contribution is -0.137. The molecule has 2 aromatic rings. The zero-order valence-corrected chi connectivity index (χ0v) is 17.6.